The highest BCUT2D eigenvalue weighted by molar-refractivity contribution is 7.45. The van der Waals surface area contributed by atoms with Crippen LogP contribution in [0.4, 0.5) is 0 Å². The van der Waals surface area contributed by atoms with Gasteiger partial charge in [-0.15, -0.1) is 0 Å². The van der Waals surface area contributed by atoms with Gasteiger partial charge in [0.05, 0.1) is 34.4 Å². The summed E-state index contributed by atoms with van der Waals surface area (Å²) in [6.07, 6.45) is 32.0. The van der Waals surface area contributed by atoms with Gasteiger partial charge in [0.1, 0.15) is 19.3 Å². The molecular weight excluding hydrogens is 601 g/mol. The first kappa shape index (κ1) is 45.2. The summed E-state index contributed by atoms with van der Waals surface area (Å²) in [5, 5.41) is 0. The largest absolute Gasteiger partial charge is 0.756 e. The molecular formula is C37H74NO7P. The molecule has 2 atom stereocenters. The van der Waals surface area contributed by atoms with Gasteiger partial charge < -0.3 is 27.9 Å². The van der Waals surface area contributed by atoms with Gasteiger partial charge in [0.25, 0.3) is 7.82 Å². The molecule has 0 spiro atoms. The van der Waals surface area contributed by atoms with Crippen LogP contribution in [0.15, 0.2) is 12.2 Å². The molecule has 0 fully saturated rings. The van der Waals surface area contributed by atoms with Crippen molar-refractivity contribution in [2.24, 2.45) is 0 Å². The first-order valence-corrected chi connectivity index (χ1v) is 20.4. The average Bonchev–Trinajstić information content (AvgIpc) is 3.00. The number of nitrogens with zero attached hydrogens (tertiary/aromatic N) is 1. The van der Waals surface area contributed by atoms with Crippen molar-refractivity contribution in [3.05, 3.63) is 12.2 Å². The van der Waals surface area contributed by atoms with Crippen molar-refractivity contribution in [1.82, 2.24) is 0 Å². The van der Waals surface area contributed by atoms with Gasteiger partial charge in [-0.3, -0.25) is 9.36 Å². The number of ether oxygens (including phenoxy) is 2. The number of unbranched alkanes of at least 4 members (excludes halogenated alkanes) is 19. The molecule has 8 nitrogen and oxygen atoms in total. The Morgan fingerprint density at radius 1 is 0.652 bits per heavy atom. The molecule has 0 aliphatic carbocycles. The van der Waals surface area contributed by atoms with E-state index in [9.17, 15) is 14.3 Å². The fourth-order valence-corrected chi connectivity index (χ4v) is 5.78. The summed E-state index contributed by atoms with van der Waals surface area (Å²) in [6, 6.07) is 0. The molecule has 46 heavy (non-hydrogen) atoms. The number of carbonyl (C=O) groups is 1. The van der Waals surface area contributed by atoms with Crippen LogP contribution in [0.1, 0.15) is 162 Å². The lowest BCUT2D eigenvalue weighted by Gasteiger charge is -2.28. The number of hydrogen-bond acceptors (Lipinski definition) is 7. The van der Waals surface area contributed by atoms with Crippen LogP contribution >= 0.6 is 7.82 Å². The van der Waals surface area contributed by atoms with E-state index in [0.29, 0.717) is 24.1 Å². The fourth-order valence-electron chi connectivity index (χ4n) is 5.05. The molecule has 0 rings (SSSR count). The normalized spacial score (nSPS) is 14.1. The zero-order valence-corrected chi connectivity index (χ0v) is 31.7. The Hall–Kier alpha value is -0.760. The van der Waals surface area contributed by atoms with Gasteiger partial charge >= 0.3 is 5.97 Å². The standard InChI is InChI=1S/C37H74NO7P/c1-6-8-10-11-12-13-14-15-16-17-18-19-20-21-22-23-24-25-26-27-28-29-32-42-34-36(45-37(39)30-9-7-2)35-44-46(40,41)43-33-31-38(3,4)5/h17-18,36H,6-16,19-35H2,1-5H3/b18-17-. The van der Waals surface area contributed by atoms with Crippen LogP contribution in [0, 0.1) is 0 Å². The summed E-state index contributed by atoms with van der Waals surface area (Å²) in [5.41, 5.74) is 0. The summed E-state index contributed by atoms with van der Waals surface area (Å²) in [5.74, 6) is -0.369. The summed E-state index contributed by atoms with van der Waals surface area (Å²) in [6.45, 7) is 5.17. The minimum Gasteiger partial charge on any atom is -0.756 e. The van der Waals surface area contributed by atoms with Crippen LogP contribution in [0.3, 0.4) is 0 Å². The minimum atomic E-state index is -4.49. The number of rotatable bonds is 35. The van der Waals surface area contributed by atoms with Gasteiger partial charge in [0.15, 0.2) is 0 Å². The van der Waals surface area contributed by atoms with Crippen molar-refractivity contribution >= 4 is 13.8 Å². The van der Waals surface area contributed by atoms with Crippen LogP contribution in [-0.4, -0.2) is 70.7 Å². The van der Waals surface area contributed by atoms with Crippen LogP contribution in [0.2, 0.25) is 0 Å². The third-order valence-electron chi connectivity index (χ3n) is 8.07. The number of esters is 1. The van der Waals surface area contributed by atoms with Crippen LogP contribution in [0.25, 0.3) is 0 Å². The second kappa shape index (κ2) is 31.5. The number of phosphoric acid groups is 1. The third-order valence-corrected chi connectivity index (χ3v) is 9.03. The van der Waals surface area contributed by atoms with Gasteiger partial charge in [-0.1, -0.05) is 129 Å². The van der Waals surface area contributed by atoms with Crippen LogP contribution in [-0.2, 0) is 27.9 Å². The van der Waals surface area contributed by atoms with E-state index in [2.05, 4.69) is 19.1 Å². The van der Waals surface area contributed by atoms with E-state index in [-0.39, 0.29) is 25.8 Å². The van der Waals surface area contributed by atoms with Crippen molar-refractivity contribution < 1.29 is 37.3 Å². The Kier molecular flexibility index (Phi) is 31.0. The highest BCUT2D eigenvalue weighted by Gasteiger charge is 2.20. The highest BCUT2D eigenvalue weighted by atomic mass is 31.2. The quantitative estimate of drug-likeness (QED) is 0.0217. The number of quaternary nitrogens is 1. The lowest BCUT2D eigenvalue weighted by molar-refractivity contribution is -0.870. The van der Waals surface area contributed by atoms with Gasteiger partial charge in [-0.2, -0.15) is 0 Å². The second-order valence-corrected chi connectivity index (χ2v) is 15.4. The van der Waals surface area contributed by atoms with Crippen LogP contribution < -0.4 is 4.89 Å². The molecule has 0 bridgehead atoms. The summed E-state index contributed by atoms with van der Waals surface area (Å²) < 4.78 is 33.9. The first-order valence-electron chi connectivity index (χ1n) is 18.9. The van der Waals surface area contributed by atoms with E-state index in [0.717, 1.165) is 25.7 Å². The molecule has 0 aliphatic heterocycles. The zero-order chi connectivity index (χ0) is 34.2. The molecule has 0 radical (unpaired) electrons. The molecule has 0 aliphatic rings. The Labute approximate surface area is 284 Å². The number of hydrogen-bond donors (Lipinski definition) is 0. The molecule has 0 amide bonds. The molecule has 0 heterocycles. The number of likely N-dealkylation sites (N-methyl/N-ethyl adjacent to an activating group) is 1. The monoisotopic (exact) mass is 676 g/mol. The van der Waals surface area contributed by atoms with Gasteiger partial charge in [0, 0.05) is 13.0 Å². The van der Waals surface area contributed by atoms with Gasteiger partial charge in [-0.05, 0) is 38.5 Å². The zero-order valence-electron chi connectivity index (χ0n) is 30.8. The average molecular weight is 676 g/mol. The Balaban J connectivity index is 3.82. The minimum absolute atomic E-state index is 0.0268. The Morgan fingerprint density at radius 2 is 1.13 bits per heavy atom. The van der Waals surface area contributed by atoms with Crippen molar-refractivity contribution in [3.63, 3.8) is 0 Å². The number of allylic oxidation sites excluding steroid dienone is 2. The molecule has 274 valence electrons. The van der Waals surface area contributed by atoms with E-state index >= 15 is 0 Å². The topological polar surface area (TPSA) is 94.1 Å². The Morgan fingerprint density at radius 3 is 1.63 bits per heavy atom. The molecule has 0 saturated heterocycles. The molecule has 2 unspecified atom stereocenters. The molecule has 0 saturated carbocycles. The first-order chi connectivity index (χ1) is 22.1. The smallest absolute Gasteiger partial charge is 0.306 e. The fraction of sp³-hybridized carbons (Fsp3) is 0.919. The second-order valence-electron chi connectivity index (χ2n) is 13.9. The molecule has 0 aromatic heterocycles. The highest BCUT2D eigenvalue weighted by Crippen LogP contribution is 2.38. The molecule has 0 aromatic rings. The van der Waals surface area contributed by atoms with E-state index in [1.54, 1.807) is 0 Å². The predicted octanol–water partition coefficient (Wildman–Crippen LogP) is 9.69. The van der Waals surface area contributed by atoms with E-state index in [1.165, 1.54) is 116 Å². The lowest BCUT2D eigenvalue weighted by Crippen LogP contribution is -2.37. The number of carbonyl (C=O) groups excluding carboxylic acids is 1. The van der Waals surface area contributed by atoms with Gasteiger partial charge in [-0.25, -0.2) is 0 Å². The lowest BCUT2D eigenvalue weighted by atomic mass is 10.1. The number of phosphoric ester groups is 1. The van der Waals surface area contributed by atoms with Gasteiger partial charge in [0.2, 0.25) is 0 Å². The molecule has 0 N–H and O–H groups in total. The van der Waals surface area contributed by atoms with E-state index in [4.69, 9.17) is 18.5 Å². The van der Waals surface area contributed by atoms with Crippen molar-refractivity contribution in [1.29, 1.82) is 0 Å². The van der Waals surface area contributed by atoms with E-state index < -0.39 is 13.9 Å². The third kappa shape index (κ3) is 34.6. The molecule has 9 heteroatoms. The SMILES string of the molecule is CCCCCCCCCC/C=C\CCCCCCCCCCCCOCC(COP(=O)([O-])OCC[N+](C)(C)C)OC(=O)CCCC. The van der Waals surface area contributed by atoms with Crippen molar-refractivity contribution in [2.75, 3.05) is 54.1 Å². The maximum atomic E-state index is 12.2. The Bertz CT molecular complexity index is 756. The summed E-state index contributed by atoms with van der Waals surface area (Å²) in [4.78, 5) is 24.3. The van der Waals surface area contributed by atoms with Crippen molar-refractivity contribution in [2.45, 2.75) is 168 Å². The van der Waals surface area contributed by atoms with E-state index in [1.807, 2.05) is 28.1 Å². The van der Waals surface area contributed by atoms with Crippen LogP contribution in [0.5, 0.6) is 0 Å². The molecule has 0 aromatic carbocycles. The summed E-state index contributed by atoms with van der Waals surface area (Å²) >= 11 is 0. The summed E-state index contributed by atoms with van der Waals surface area (Å²) in [7, 11) is 1.35. The maximum absolute atomic E-state index is 12.2. The predicted molar refractivity (Wildman–Crippen MR) is 190 cm³/mol. The maximum Gasteiger partial charge on any atom is 0.306 e. The van der Waals surface area contributed by atoms with Crippen molar-refractivity contribution in [3.8, 4) is 0 Å².